The third-order valence-electron chi connectivity index (χ3n) is 4.65. The second-order valence-electron chi connectivity index (χ2n) is 6.47. The fraction of sp³-hybridized carbons (Fsp3) is 0.316. The summed E-state index contributed by atoms with van der Waals surface area (Å²) in [6.45, 7) is 0.321. The molecule has 1 amide bonds. The van der Waals surface area contributed by atoms with E-state index in [0.717, 1.165) is 0 Å². The zero-order valence-electron chi connectivity index (χ0n) is 15.2. The number of piperidine rings is 1. The average Bonchev–Trinajstić information content (AvgIpc) is 2.69. The first-order valence-corrected chi connectivity index (χ1v) is 10.5. The normalized spacial score (nSPS) is 17.9. The number of nitrogens with zero attached hydrogens (tertiary/aromatic N) is 1. The highest BCUT2D eigenvalue weighted by Crippen LogP contribution is 2.30. The zero-order valence-corrected chi connectivity index (χ0v) is 16.8. The topological polar surface area (TPSA) is 75.7 Å². The molecule has 2 aromatic carbocycles. The van der Waals surface area contributed by atoms with Crippen LogP contribution in [0.25, 0.3) is 0 Å². The van der Waals surface area contributed by atoms with Crippen molar-refractivity contribution in [1.82, 2.24) is 4.31 Å². The van der Waals surface area contributed by atoms with Crippen LogP contribution in [0.4, 0.5) is 10.1 Å². The summed E-state index contributed by atoms with van der Waals surface area (Å²) in [6, 6.07) is 10.1. The van der Waals surface area contributed by atoms with E-state index in [1.165, 1.54) is 47.8 Å². The number of carbonyl (C=O) groups excluding carboxylic acids is 1. The van der Waals surface area contributed by atoms with Crippen LogP contribution in [0.3, 0.4) is 0 Å². The summed E-state index contributed by atoms with van der Waals surface area (Å²) in [5.74, 6) is -1.14. The molecule has 1 aliphatic rings. The minimum Gasteiger partial charge on any atom is -0.495 e. The maximum Gasteiger partial charge on any atom is 0.243 e. The van der Waals surface area contributed by atoms with Gasteiger partial charge in [0.25, 0.3) is 0 Å². The van der Waals surface area contributed by atoms with Crippen LogP contribution in [0.5, 0.6) is 5.75 Å². The molecule has 0 aromatic heterocycles. The molecule has 1 aliphatic heterocycles. The van der Waals surface area contributed by atoms with Gasteiger partial charge in [-0.2, -0.15) is 4.31 Å². The van der Waals surface area contributed by atoms with Crippen LogP contribution < -0.4 is 10.1 Å². The molecule has 150 valence electrons. The highest BCUT2D eigenvalue weighted by Gasteiger charge is 2.33. The number of rotatable bonds is 5. The number of methoxy groups -OCH3 is 1. The largest absolute Gasteiger partial charge is 0.495 e. The molecule has 1 saturated heterocycles. The predicted molar refractivity (Wildman–Crippen MR) is 105 cm³/mol. The lowest BCUT2D eigenvalue weighted by molar-refractivity contribution is -0.120. The highest BCUT2D eigenvalue weighted by atomic mass is 35.5. The molecule has 3 rings (SSSR count). The molecule has 0 aliphatic carbocycles. The van der Waals surface area contributed by atoms with Gasteiger partial charge in [-0.3, -0.25) is 4.79 Å². The van der Waals surface area contributed by atoms with Crippen LogP contribution in [0.15, 0.2) is 47.4 Å². The third kappa shape index (κ3) is 4.29. The maximum atomic E-state index is 13.8. The number of hydrogen-bond acceptors (Lipinski definition) is 4. The van der Waals surface area contributed by atoms with E-state index in [1.54, 1.807) is 6.07 Å². The molecule has 28 heavy (non-hydrogen) atoms. The standard InChI is InChI=1S/C19H20ClFN2O4S/c1-27-18-9-8-14(11-15(18)20)28(25,26)23-10-4-5-13(12-23)19(24)22-17-7-3-2-6-16(17)21/h2-3,6-9,11,13H,4-5,10,12H2,1H3,(H,22,24)/t13-/m1/s1. The Morgan fingerprint density at radius 1 is 1.29 bits per heavy atom. The van der Waals surface area contributed by atoms with Crippen molar-refractivity contribution in [2.24, 2.45) is 5.92 Å². The van der Waals surface area contributed by atoms with Crippen LogP contribution >= 0.6 is 11.6 Å². The summed E-state index contributed by atoms with van der Waals surface area (Å²) in [4.78, 5) is 12.6. The van der Waals surface area contributed by atoms with Crippen LogP contribution in [0.2, 0.25) is 5.02 Å². The van der Waals surface area contributed by atoms with Crippen molar-refractivity contribution in [2.45, 2.75) is 17.7 Å². The van der Waals surface area contributed by atoms with Crippen molar-refractivity contribution in [3.8, 4) is 5.75 Å². The van der Waals surface area contributed by atoms with Gasteiger partial charge in [0.15, 0.2) is 0 Å². The predicted octanol–water partition coefficient (Wildman–Crippen LogP) is 3.53. The van der Waals surface area contributed by atoms with Gasteiger partial charge in [-0.25, -0.2) is 12.8 Å². The number of carbonyl (C=O) groups is 1. The van der Waals surface area contributed by atoms with Crippen molar-refractivity contribution in [3.05, 3.63) is 53.3 Å². The number of para-hydroxylation sites is 1. The van der Waals surface area contributed by atoms with Gasteiger partial charge in [0.05, 0.1) is 28.6 Å². The van der Waals surface area contributed by atoms with E-state index in [-0.39, 0.29) is 22.2 Å². The summed E-state index contributed by atoms with van der Waals surface area (Å²) in [6.07, 6.45) is 1.05. The van der Waals surface area contributed by atoms with Crippen molar-refractivity contribution in [3.63, 3.8) is 0 Å². The first kappa shape index (κ1) is 20.6. The number of anilines is 1. The molecule has 2 aromatic rings. The Morgan fingerprint density at radius 3 is 2.71 bits per heavy atom. The monoisotopic (exact) mass is 426 g/mol. The third-order valence-corrected chi connectivity index (χ3v) is 6.80. The maximum absolute atomic E-state index is 13.8. The molecule has 0 radical (unpaired) electrons. The van der Waals surface area contributed by atoms with Crippen LogP contribution in [0.1, 0.15) is 12.8 Å². The Labute approximate surface area is 168 Å². The minimum atomic E-state index is -3.82. The van der Waals surface area contributed by atoms with Gasteiger partial charge in [0.1, 0.15) is 11.6 Å². The summed E-state index contributed by atoms with van der Waals surface area (Å²) in [5.41, 5.74) is 0.0782. The number of hydrogen-bond donors (Lipinski definition) is 1. The lowest BCUT2D eigenvalue weighted by Crippen LogP contribution is -2.43. The van der Waals surface area contributed by atoms with Crippen LogP contribution in [-0.4, -0.2) is 38.8 Å². The van der Waals surface area contributed by atoms with Crippen molar-refractivity contribution < 1.29 is 22.3 Å². The van der Waals surface area contributed by atoms with E-state index in [4.69, 9.17) is 16.3 Å². The number of nitrogens with one attached hydrogen (secondary N) is 1. The Kier molecular flexibility index (Phi) is 6.22. The molecule has 1 atom stereocenters. The number of halogens is 2. The van der Waals surface area contributed by atoms with E-state index < -0.39 is 27.7 Å². The van der Waals surface area contributed by atoms with Crippen molar-refractivity contribution in [2.75, 3.05) is 25.5 Å². The van der Waals surface area contributed by atoms with Gasteiger partial charge in [-0.05, 0) is 43.2 Å². The lowest BCUT2D eigenvalue weighted by atomic mass is 9.98. The van der Waals surface area contributed by atoms with E-state index in [1.807, 2.05) is 0 Å². The van der Waals surface area contributed by atoms with E-state index >= 15 is 0 Å². The number of ether oxygens (including phenoxy) is 1. The Bertz CT molecular complexity index is 984. The fourth-order valence-electron chi connectivity index (χ4n) is 3.13. The molecule has 0 bridgehead atoms. The number of sulfonamides is 1. The first-order valence-electron chi connectivity index (χ1n) is 8.72. The minimum absolute atomic E-state index is 0.0201. The van der Waals surface area contributed by atoms with Gasteiger partial charge < -0.3 is 10.1 Å². The highest BCUT2D eigenvalue weighted by molar-refractivity contribution is 7.89. The van der Waals surface area contributed by atoms with Gasteiger partial charge in [-0.15, -0.1) is 0 Å². The molecule has 0 spiro atoms. The van der Waals surface area contributed by atoms with Gasteiger partial charge in [0, 0.05) is 13.1 Å². The summed E-state index contributed by atoms with van der Waals surface area (Å²) >= 11 is 6.05. The lowest BCUT2D eigenvalue weighted by Gasteiger charge is -2.31. The molecule has 0 unspecified atom stereocenters. The van der Waals surface area contributed by atoms with Crippen molar-refractivity contribution >= 4 is 33.2 Å². The fourth-order valence-corrected chi connectivity index (χ4v) is 5.00. The van der Waals surface area contributed by atoms with Gasteiger partial charge in [-0.1, -0.05) is 23.7 Å². The second-order valence-corrected chi connectivity index (χ2v) is 8.81. The molecule has 0 saturated carbocycles. The summed E-state index contributed by atoms with van der Waals surface area (Å²) < 4.78 is 46.0. The van der Waals surface area contributed by atoms with E-state index in [9.17, 15) is 17.6 Å². The molecule has 9 heteroatoms. The summed E-state index contributed by atoms with van der Waals surface area (Å²) in [5, 5.41) is 2.73. The average molecular weight is 427 g/mol. The molecular formula is C19H20ClFN2O4S. The Balaban J connectivity index is 1.76. The van der Waals surface area contributed by atoms with Crippen LogP contribution in [-0.2, 0) is 14.8 Å². The Hall–Kier alpha value is -2.16. The van der Waals surface area contributed by atoms with E-state index in [0.29, 0.717) is 25.1 Å². The first-order chi connectivity index (χ1) is 13.3. The quantitative estimate of drug-likeness (QED) is 0.793. The van der Waals surface area contributed by atoms with Crippen molar-refractivity contribution in [1.29, 1.82) is 0 Å². The molecular weight excluding hydrogens is 407 g/mol. The molecule has 1 fully saturated rings. The molecule has 1 N–H and O–H groups in total. The smallest absolute Gasteiger partial charge is 0.243 e. The van der Waals surface area contributed by atoms with Crippen LogP contribution in [0, 0.1) is 11.7 Å². The number of benzene rings is 2. The molecule has 6 nitrogen and oxygen atoms in total. The SMILES string of the molecule is COc1ccc(S(=O)(=O)N2CCC[C@@H](C(=O)Nc3ccccc3F)C2)cc1Cl. The van der Waals surface area contributed by atoms with Gasteiger partial charge >= 0.3 is 0 Å². The second kappa shape index (κ2) is 8.46. The van der Waals surface area contributed by atoms with E-state index in [2.05, 4.69) is 5.32 Å². The van der Waals surface area contributed by atoms with Gasteiger partial charge in [0.2, 0.25) is 15.9 Å². The zero-order chi connectivity index (χ0) is 20.3. The number of amides is 1. The Morgan fingerprint density at radius 2 is 2.04 bits per heavy atom. The summed E-state index contributed by atoms with van der Waals surface area (Å²) in [7, 11) is -2.37. The molecule has 1 heterocycles.